The second kappa shape index (κ2) is 10.0. The van der Waals surface area contributed by atoms with E-state index in [9.17, 15) is 4.39 Å². The van der Waals surface area contributed by atoms with Gasteiger partial charge in [-0.3, -0.25) is 4.90 Å². The number of morpholine rings is 1. The van der Waals surface area contributed by atoms with Gasteiger partial charge in [-0.15, -0.1) is 41.3 Å². The summed E-state index contributed by atoms with van der Waals surface area (Å²) in [6.07, 6.45) is 2.43. The van der Waals surface area contributed by atoms with Crippen molar-refractivity contribution < 1.29 is 30.9 Å². The Morgan fingerprint density at radius 1 is 1.33 bits per heavy atom. The number of fused-ring (bicyclic) bond motifs is 2. The van der Waals surface area contributed by atoms with E-state index in [-0.39, 0.29) is 35.0 Å². The minimum Gasteiger partial charge on any atom is -0.549 e. The molecule has 2 aliphatic rings. The van der Waals surface area contributed by atoms with E-state index in [1.807, 2.05) is 24.3 Å². The first kappa shape index (κ1) is 22.2. The molecule has 3 heterocycles. The molecule has 0 saturated carbocycles. The van der Waals surface area contributed by atoms with Crippen molar-refractivity contribution in [3.63, 3.8) is 0 Å². The van der Waals surface area contributed by atoms with Crippen LogP contribution in [0.2, 0.25) is 0 Å². The van der Waals surface area contributed by atoms with Crippen LogP contribution in [0.15, 0.2) is 42.5 Å². The molecule has 30 heavy (non-hydrogen) atoms. The molecular weight excluding hydrogens is 424 g/mol. The first-order valence-electron chi connectivity index (χ1n) is 9.65. The molecule has 1 aromatic heterocycles. The number of rotatable bonds is 1. The number of benzene rings is 2. The molecule has 2 aromatic carbocycles. The third-order valence-corrected chi connectivity index (χ3v) is 5.07. The molecule has 7 heteroatoms. The van der Waals surface area contributed by atoms with Crippen molar-refractivity contribution in [2.45, 2.75) is 19.1 Å². The summed E-state index contributed by atoms with van der Waals surface area (Å²) in [5.74, 6) is 0.396. The molecule has 5 nitrogen and oxygen atoms in total. The molecule has 5 rings (SSSR count). The van der Waals surface area contributed by atoms with E-state index < -0.39 is 0 Å². The number of aromatic amines is 1. The van der Waals surface area contributed by atoms with E-state index in [2.05, 4.69) is 29.3 Å². The van der Waals surface area contributed by atoms with Gasteiger partial charge in [-0.25, -0.2) is 4.39 Å². The van der Waals surface area contributed by atoms with Gasteiger partial charge in [0.05, 0.1) is 25.0 Å². The van der Waals surface area contributed by atoms with Crippen molar-refractivity contribution in [1.29, 1.82) is 5.26 Å². The minimum atomic E-state index is -0.249. The number of hydrogen-bond acceptors (Lipinski definition) is 4. The third kappa shape index (κ3) is 5.16. The van der Waals surface area contributed by atoms with Crippen molar-refractivity contribution in [2.75, 3.05) is 26.3 Å². The van der Waals surface area contributed by atoms with E-state index in [0.29, 0.717) is 18.1 Å². The van der Waals surface area contributed by atoms with Gasteiger partial charge in [-0.1, -0.05) is 6.07 Å². The first-order valence-corrected chi connectivity index (χ1v) is 9.65. The quantitative estimate of drug-likeness (QED) is 0.458. The molecule has 1 saturated heterocycles. The number of nitriles is 1. The molecule has 1 radical (unpaired) electrons. The van der Waals surface area contributed by atoms with E-state index in [4.69, 9.17) is 14.7 Å². The largest absolute Gasteiger partial charge is 2.00 e. The molecular formula is C23H22FMnN3O2. The van der Waals surface area contributed by atoms with Crippen LogP contribution < -0.4 is 4.74 Å². The second-order valence-electron chi connectivity index (χ2n) is 7.20. The Morgan fingerprint density at radius 2 is 2.20 bits per heavy atom. The number of nitrogens with one attached hydrogen (secondary N) is 1. The smallest absolute Gasteiger partial charge is 0.549 e. The predicted octanol–water partition coefficient (Wildman–Crippen LogP) is 3.70. The minimum absolute atomic E-state index is 0. The summed E-state index contributed by atoms with van der Waals surface area (Å²) in [6, 6.07) is 17.5. The second-order valence-corrected chi connectivity index (χ2v) is 7.20. The van der Waals surface area contributed by atoms with Gasteiger partial charge in [0.2, 0.25) is 0 Å². The molecule has 0 spiro atoms. The van der Waals surface area contributed by atoms with E-state index in [1.165, 1.54) is 12.1 Å². The number of hydrogen-bond donors (Lipinski definition) is 1. The fraction of sp³-hybridized carbons (Fsp3) is 0.304. The van der Waals surface area contributed by atoms with Gasteiger partial charge in [-0.2, -0.15) is 17.7 Å². The van der Waals surface area contributed by atoms with Gasteiger partial charge in [0, 0.05) is 24.9 Å². The summed E-state index contributed by atoms with van der Waals surface area (Å²) in [5.41, 5.74) is 2.53. The summed E-state index contributed by atoms with van der Waals surface area (Å²) >= 11 is 0. The summed E-state index contributed by atoms with van der Waals surface area (Å²) < 4.78 is 24.3. The maximum absolute atomic E-state index is 13.1. The molecule has 2 aliphatic heterocycles. The zero-order valence-electron chi connectivity index (χ0n) is 16.6. The van der Waals surface area contributed by atoms with Crippen LogP contribution in [0.3, 0.4) is 0 Å². The molecule has 0 aliphatic carbocycles. The average Bonchev–Trinajstić information content (AvgIpc) is 3.17. The Kier molecular flexibility index (Phi) is 7.41. The molecule has 0 bridgehead atoms. The summed E-state index contributed by atoms with van der Waals surface area (Å²) in [7, 11) is 0. The van der Waals surface area contributed by atoms with E-state index >= 15 is 0 Å². The van der Waals surface area contributed by atoms with Crippen LogP contribution in [0.5, 0.6) is 5.75 Å². The Balaban J connectivity index is 0.000000184. The van der Waals surface area contributed by atoms with Crippen molar-refractivity contribution in [3.05, 3.63) is 72.0 Å². The first-order chi connectivity index (χ1) is 14.1. The zero-order chi connectivity index (χ0) is 20.2. The molecule has 1 fully saturated rings. The Labute approximate surface area is 186 Å². The summed E-state index contributed by atoms with van der Waals surface area (Å²) in [5, 5.41) is 9.51. The normalized spacial score (nSPS) is 20.4. The van der Waals surface area contributed by atoms with Crippen LogP contribution >= 0.6 is 0 Å². The van der Waals surface area contributed by atoms with Gasteiger partial charge >= 0.3 is 17.1 Å². The zero-order valence-corrected chi connectivity index (χ0v) is 17.7. The van der Waals surface area contributed by atoms with Crippen molar-refractivity contribution in [3.8, 4) is 11.8 Å². The number of nitrogens with zero attached hydrogens (tertiary/aromatic N) is 2. The van der Waals surface area contributed by atoms with Gasteiger partial charge < -0.3 is 14.5 Å². The van der Waals surface area contributed by atoms with Crippen LogP contribution in [0, 0.1) is 29.6 Å². The van der Waals surface area contributed by atoms with Crippen molar-refractivity contribution in [2.24, 2.45) is 0 Å². The monoisotopic (exact) mass is 446 g/mol. The van der Waals surface area contributed by atoms with Crippen molar-refractivity contribution >= 4 is 10.9 Å². The van der Waals surface area contributed by atoms with Crippen LogP contribution in [0.25, 0.3) is 10.9 Å². The number of H-pyrrole nitrogens is 1. The number of aromatic nitrogens is 1. The third-order valence-electron chi connectivity index (χ3n) is 5.07. The number of halogens is 1. The topological polar surface area (TPSA) is 61.3 Å². The molecule has 2 unspecified atom stereocenters. The van der Waals surface area contributed by atoms with Crippen LogP contribution in [0.4, 0.5) is 4.39 Å². The molecule has 0 amide bonds. The van der Waals surface area contributed by atoms with E-state index in [0.717, 1.165) is 36.2 Å². The van der Waals surface area contributed by atoms with Gasteiger partial charge in [0.15, 0.2) is 0 Å². The Bertz CT molecular complexity index is 1000. The molecule has 155 valence electrons. The molecule has 3 aromatic rings. The van der Waals surface area contributed by atoms with Gasteiger partial charge in [0.1, 0.15) is 11.9 Å². The van der Waals surface area contributed by atoms with E-state index in [1.54, 1.807) is 12.1 Å². The molecule has 1 N–H and O–H groups in total. The van der Waals surface area contributed by atoms with Crippen LogP contribution in [0.1, 0.15) is 18.2 Å². The Hall–Kier alpha value is -2.49. The van der Waals surface area contributed by atoms with Crippen molar-refractivity contribution in [1.82, 2.24) is 9.88 Å². The average molecular weight is 446 g/mol. The predicted molar refractivity (Wildman–Crippen MR) is 108 cm³/mol. The standard InChI is InChI=1S/C14H17FNO2.C9H5N2.Mn/c1-10-8-16(4-5-17-10)13-6-11-2-3-12(15)7-14(11)18-9-13;10-6-8-5-7-3-1-2-4-9(7)11-8;/h2-3,6-7,10,13H,4-5,8-9H2,1H3;1-2,4-5,11H;/q2*-1;+2. The summed E-state index contributed by atoms with van der Waals surface area (Å²) in [4.78, 5) is 5.31. The van der Waals surface area contributed by atoms with Gasteiger partial charge in [-0.05, 0) is 18.5 Å². The maximum Gasteiger partial charge on any atom is 2.00 e. The van der Waals surface area contributed by atoms with Gasteiger partial charge in [0.25, 0.3) is 0 Å². The number of ether oxygens (including phenoxy) is 2. The fourth-order valence-corrected chi connectivity index (χ4v) is 3.62. The maximum atomic E-state index is 13.1. The Morgan fingerprint density at radius 3 is 2.97 bits per heavy atom. The van der Waals surface area contributed by atoms with Crippen LogP contribution in [-0.2, 0) is 21.8 Å². The summed E-state index contributed by atoms with van der Waals surface area (Å²) in [6.45, 7) is 5.27. The molecule has 2 atom stereocenters. The fourth-order valence-electron chi connectivity index (χ4n) is 3.62. The van der Waals surface area contributed by atoms with Crippen LogP contribution in [-0.4, -0.2) is 48.3 Å². The SMILES string of the molecule is CC1CN(C2[CH-]c3ccc(F)cc3OC2)CCO1.N#Cc1cc2[c-]cccc2[nH]1.[Mn+2].